The van der Waals surface area contributed by atoms with E-state index < -0.39 is 0 Å². The predicted octanol–water partition coefficient (Wildman–Crippen LogP) is 4.70. The number of rotatable bonds is 3. The molecule has 0 bridgehead atoms. The standard InChI is InChI=1S/C14H12BrClO2/c1-9-6-11(4-5-14(9)16)18-12-3-2-10(8-17)13(15)7-12/h2-7,17H,8H2,1H3. The third kappa shape index (κ3) is 3.05. The monoisotopic (exact) mass is 326 g/mol. The van der Waals surface area contributed by atoms with E-state index in [-0.39, 0.29) is 6.61 Å². The number of aryl methyl sites for hydroxylation is 1. The summed E-state index contributed by atoms with van der Waals surface area (Å²) in [6, 6.07) is 11.0. The molecule has 0 atom stereocenters. The smallest absolute Gasteiger partial charge is 0.128 e. The van der Waals surface area contributed by atoms with Gasteiger partial charge in [0.25, 0.3) is 0 Å². The Morgan fingerprint density at radius 2 is 1.83 bits per heavy atom. The first-order valence-electron chi connectivity index (χ1n) is 5.43. The van der Waals surface area contributed by atoms with Gasteiger partial charge in [0.1, 0.15) is 11.5 Å². The fraction of sp³-hybridized carbons (Fsp3) is 0.143. The fourth-order valence-corrected chi connectivity index (χ4v) is 2.14. The third-order valence-corrected chi connectivity index (χ3v) is 3.72. The molecule has 0 aliphatic heterocycles. The molecule has 2 aromatic rings. The highest BCUT2D eigenvalue weighted by Gasteiger charge is 2.04. The summed E-state index contributed by atoms with van der Waals surface area (Å²) in [5.74, 6) is 1.45. The van der Waals surface area contributed by atoms with E-state index in [1.165, 1.54) is 0 Å². The van der Waals surface area contributed by atoms with Crippen molar-refractivity contribution in [2.75, 3.05) is 0 Å². The molecule has 94 valence electrons. The van der Waals surface area contributed by atoms with Gasteiger partial charge in [-0.1, -0.05) is 33.6 Å². The van der Waals surface area contributed by atoms with Gasteiger partial charge in [-0.3, -0.25) is 0 Å². The van der Waals surface area contributed by atoms with E-state index in [0.717, 1.165) is 26.4 Å². The molecule has 0 aromatic heterocycles. The fourth-order valence-electron chi connectivity index (χ4n) is 1.54. The van der Waals surface area contributed by atoms with Crippen LogP contribution in [0.5, 0.6) is 11.5 Å². The van der Waals surface area contributed by atoms with Gasteiger partial charge in [-0.15, -0.1) is 0 Å². The van der Waals surface area contributed by atoms with Crippen LogP contribution < -0.4 is 4.74 Å². The maximum Gasteiger partial charge on any atom is 0.128 e. The summed E-state index contributed by atoms with van der Waals surface area (Å²) in [5.41, 5.74) is 1.80. The molecule has 0 saturated heterocycles. The Labute approximate surface area is 119 Å². The zero-order valence-corrected chi connectivity index (χ0v) is 12.1. The number of benzene rings is 2. The number of aliphatic hydroxyl groups excluding tert-OH is 1. The normalized spacial score (nSPS) is 10.4. The number of hydrogen-bond acceptors (Lipinski definition) is 2. The molecular formula is C14H12BrClO2. The minimum absolute atomic E-state index is 0.000909. The quantitative estimate of drug-likeness (QED) is 0.885. The van der Waals surface area contributed by atoms with E-state index in [9.17, 15) is 0 Å². The van der Waals surface area contributed by atoms with Crippen LogP contribution >= 0.6 is 27.5 Å². The van der Waals surface area contributed by atoms with Gasteiger partial charge in [-0.25, -0.2) is 0 Å². The highest BCUT2D eigenvalue weighted by atomic mass is 79.9. The van der Waals surface area contributed by atoms with Crippen LogP contribution in [0.1, 0.15) is 11.1 Å². The summed E-state index contributed by atoms with van der Waals surface area (Å²) < 4.78 is 6.55. The first-order valence-corrected chi connectivity index (χ1v) is 6.60. The van der Waals surface area contributed by atoms with Gasteiger partial charge in [0.05, 0.1) is 6.61 Å². The van der Waals surface area contributed by atoms with Crippen LogP contribution in [-0.4, -0.2) is 5.11 Å². The van der Waals surface area contributed by atoms with E-state index in [2.05, 4.69) is 15.9 Å². The molecule has 2 rings (SSSR count). The largest absolute Gasteiger partial charge is 0.457 e. The van der Waals surface area contributed by atoms with Crippen LogP contribution in [0.3, 0.4) is 0 Å². The Morgan fingerprint density at radius 1 is 1.17 bits per heavy atom. The molecule has 0 amide bonds. The van der Waals surface area contributed by atoms with Crippen molar-refractivity contribution in [3.63, 3.8) is 0 Å². The lowest BCUT2D eigenvalue weighted by Gasteiger charge is -2.09. The van der Waals surface area contributed by atoms with Crippen molar-refractivity contribution < 1.29 is 9.84 Å². The van der Waals surface area contributed by atoms with Crippen LogP contribution in [0.15, 0.2) is 40.9 Å². The molecule has 2 nitrogen and oxygen atoms in total. The van der Waals surface area contributed by atoms with Gasteiger partial charge in [0.15, 0.2) is 0 Å². The van der Waals surface area contributed by atoms with Crippen molar-refractivity contribution in [2.24, 2.45) is 0 Å². The van der Waals surface area contributed by atoms with Crippen LogP contribution in [0.2, 0.25) is 5.02 Å². The van der Waals surface area contributed by atoms with Gasteiger partial charge in [0, 0.05) is 9.50 Å². The van der Waals surface area contributed by atoms with E-state index >= 15 is 0 Å². The van der Waals surface area contributed by atoms with E-state index in [1.54, 1.807) is 0 Å². The number of aliphatic hydroxyl groups is 1. The zero-order chi connectivity index (χ0) is 13.1. The summed E-state index contributed by atoms with van der Waals surface area (Å²) in [4.78, 5) is 0. The van der Waals surface area contributed by atoms with Crippen molar-refractivity contribution in [1.82, 2.24) is 0 Å². The molecule has 18 heavy (non-hydrogen) atoms. The summed E-state index contributed by atoms with van der Waals surface area (Å²) in [6.07, 6.45) is 0. The molecule has 1 N–H and O–H groups in total. The van der Waals surface area contributed by atoms with Gasteiger partial charge in [-0.05, 0) is 48.4 Å². The molecule has 0 spiro atoms. The number of halogens is 2. The zero-order valence-electron chi connectivity index (χ0n) is 9.78. The first-order chi connectivity index (χ1) is 8.60. The molecule has 0 aliphatic carbocycles. The maximum absolute atomic E-state index is 9.08. The molecular weight excluding hydrogens is 316 g/mol. The molecule has 0 fully saturated rings. The molecule has 2 aromatic carbocycles. The topological polar surface area (TPSA) is 29.5 Å². The average Bonchev–Trinajstić information content (AvgIpc) is 2.34. The Hall–Kier alpha value is -1.03. The highest BCUT2D eigenvalue weighted by molar-refractivity contribution is 9.10. The van der Waals surface area contributed by atoms with Gasteiger partial charge >= 0.3 is 0 Å². The summed E-state index contributed by atoms with van der Waals surface area (Å²) in [6.45, 7) is 1.93. The molecule has 0 unspecified atom stereocenters. The second kappa shape index (κ2) is 5.74. The number of hydrogen-bond donors (Lipinski definition) is 1. The van der Waals surface area contributed by atoms with Crippen LogP contribution in [0.25, 0.3) is 0 Å². The summed E-state index contributed by atoms with van der Waals surface area (Å²) >= 11 is 9.34. The van der Waals surface area contributed by atoms with Gasteiger partial charge in [-0.2, -0.15) is 0 Å². The van der Waals surface area contributed by atoms with Crippen molar-refractivity contribution in [3.8, 4) is 11.5 Å². The van der Waals surface area contributed by atoms with E-state index in [0.29, 0.717) is 5.75 Å². The lowest BCUT2D eigenvalue weighted by molar-refractivity contribution is 0.281. The average molecular weight is 328 g/mol. The number of ether oxygens (including phenoxy) is 1. The summed E-state index contributed by atoms with van der Waals surface area (Å²) in [7, 11) is 0. The van der Waals surface area contributed by atoms with Crippen molar-refractivity contribution in [3.05, 3.63) is 57.0 Å². The Bertz CT molecular complexity index is 570. The molecule has 0 heterocycles. The minimum Gasteiger partial charge on any atom is -0.457 e. The Morgan fingerprint density at radius 3 is 2.44 bits per heavy atom. The minimum atomic E-state index is 0.000909. The molecule has 0 saturated carbocycles. The van der Waals surface area contributed by atoms with Crippen molar-refractivity contribution in [2.45, 2.75) is 13.5 Å². The Balaban J connectivity index is 2.23. The van der Waals surface area contributed by atoms with Crippen molar-refractivity contribution >= 4 is 27.5 Å². The second-order valence-electron chi connectivity index (χ2n) is 3.92. The third-order valence-electron chi connectivity index (χ3n) is 2.56. The van der Waals surface area contributed by atoms with Crippen LogP contribution in [0, 0.1) is 6.92 Å². The van der Waals surface area contributed by atoms with Gasteiger partial charge in [0.2, 0.25) is 0 Å². The summed E-state index contributed by atoms with van der Waals surface area (Å²) in [5, 5.41) is 9.80. The molecule has 4 heteroatoms. The van der Waals surface area contributed by atoms with Crippen molar-refractivity contribution in [1.29, 1.82) is 0 Å². The van der Waals surface area contributed by atoms with E-state index in [4.69, 9.17) is 21.4 Å². The Kier molecular flexibility index (Phi) is 4.27. The first kappa shape index (κ1) is 13.4. The lowest BCUT2D eigenvalue weighted by atomic mass is 10.2. The maximum atomic E-state index is 9.08. The lowest BCUT2D eigenvalue weighted by Crippen LogP contribution is -1.89. The molecule has 0 aliphatic rings. The second-order valence-corrected chi connectivity index (χ2v) is 5.19. The SMILES string of the molecule is Cc1cc(Oc2ccc(CO)c(Br)c2)ccc1Cl. The van der Waals surface area contributed by atoms with Crippen LogP contribution in [0.4, 0.5) is 0 Å². The molecule has 0 radical (unpaired) electrons. The van der Waals surface area contributed by atoms with E-state index in [1.807, 2.05) is 43.3 Å². The predicted molar refractivity (Wildman–Crippen MR) is 76.3 cm³/mol. The van der Waals surface area contributed by atoms with Gasteiger partial charge < -0.3 is 9.84 Å². The van der Waals surface area contributed by atoms with Crippen LogP contribution in [-0.2, 0) is 6.61 Å². The highest BCUT2D eigenvalue weighted by Crippen LogP contribution is 2.29.